The van der Waals surface area contributed by atoms with Crippen LogP contribution in [0.4, 0.5) is 0 Å². The molecule has 0 radical (unpaired) electrons. The lowest BCUT2D eigenvalue weighted by Gasteiger charge is -2.11. The molecule has 5 aromatic carbocycles. The summed E-state index contributed by atoms with van der Waals surface area (Å²) in [6.07, 6.45) is 1.49. The van der Waals surface area contributed by atoms with E-state index in [4.69, 9.17) is 9.47 Å². The van der Waals surface area contributed by atoms with Crippen molar-refractivity contribution in [2.24, 2.45) is 5.10 Å². The van der Waals surface area contributed by atoms with Gasteiger partial charge in [0.05, 0.1) is 17.3 Å². The first kappa shape index (κ1) is 25.4. The minimum absolute atomic E-state index is 0.333. The number of ether oxygens (including phenoxy) is 2. The van der Waals surface area contributed by atoms with E-state index in [9.17, 15) is 9.59 Å². The molecule has 0 aromatic heterocycles. The zero-order valence-corrected chi connectivity index (χ0v) is 21.3. The van der Waals surface area contributed by atoms with Gasteiger partial charge in [0.2, 0.25) is 0 Å². The molecule has 0 aliphatic rings. The van der Waals surface area contributed by atoms with Crippen molar-refractivity contribution in [1.29, 1.82) is 0 Å². The molecule has 192 valence electrons. The Morgan fingerprint density at radius 2 is 1.49 bits per heavy atom. The predicted octanol–water partition coefficient (Wildman–Crippen LogP) is 6.71. The van der Waals surface area contributed by atoms with Crippen LogP contribution < -0.4 is 14.9 Å². The highest BCUT2D eigenvalue weighted by atomic mass is 16.5. The third-order valence-corrected chi connectivity index (χ3v) is 6.15. The molecule has 0 heterocycles. The number of esters is 1. The molecule has 5 aromatic rings. The van der Waals surface area contributed by atoms with Crippen LogP contribution in [-0.4, -0.2) is 18.1 Å². The average molecular weight is 515 g/mol. The molecule has 1 amide bonds. The Balaban J connectivity index is 1.36. The van der Waals surface area contributed by atoms with Crippen LogP contribution in [0.25, 0.3) is 10.8 Å². The van der Waals surface area contributed by atoms with E-state index in [1.165, 1.54) is 6.21 Å². The quantitative estimate of drug-likeness (QED) is 0.108. The van der Waals surface area contributed by atoms with Crippen LogP contribution in [0.1, 0.15) is 37.4 Å². The van der Waals surface area contributed by atoms with Gasteiger partial charge in [0, 0.05) is 5.56 Å². The number of hydrazone groups is 1. The van der Waals surface area contributed by atoms with E-state index in [1.54, 1.807) is 36.4 Å². The smallest absolute Gasteiger partial charge is 0.343 e. The zero-order valence-electron chi connectivity index (χ0n) is 21.3. The highest BCUT2D eigenvalue weighted by molar-refractivity contribution is 6.04. The Morgan fingerprint density at radius 1 is 0.769 bits per heavy atom. The molecular formula is C33H26N2O4. The molecule has 0 saturated carbocycles. The summed E-state index contributed by atoms with van der Waals surface area (Å²) in [6, 6.07) is 35.2. The number of nitrogens with zero attached hydrogens (tertiary/aromatic N) is 1. The molecule has 6 heteroatoms. The summed E-state index contributed by atoms with van der Waals surface area (Å²) < 4.78 is 11.7. The normalized spacial score (nSPS) is 10.9. The summed E-state index contributed by atoms with van der Waals surface area (Å²) in [4.78, 5) is 25.8. The van der Waals surface area contributed by atoms with E-state index in [-0.39, 0.29) is 0 Å². The van der Waals surface area contributed by atoms with Crippen LogP contribution in [0.5, 0.6) is 11.5 Å². The van der Waals surface area contributed by atoms with E-state index in [1.807, 2.05) is 85.8 Å². The summed E-state index contributed by atoms with van der Waals surface area (Å²) in [6.45, 7) is 2.29. The van der Waals surface area contributed by atoms with Crippen LogP contribution in [-0.2, 0) is 6.61 Å². The highest BCUT2D eigenvalue weighted by Crippen LogP contribution is 2.27. The SMILES string of the molecule is Cc1ccc(C(=O)Oc2ccc3ccccc3c2/C=N/NC(=O)c2ccccc2OCc2ccccc2)cc1. The maximum absolute atomic E-state index is 13.0. The van der Waals surface area contributed by atoms with Crippen molar-refractivity contribution < 1.29 is 19.1 Å². The molecule has 39 heavy (non-hydrogen) atoms. The number of hydrogen-bond acceptors (Lipinski definition) is 5. The van der Waals surface area contributed by atoms with Gasteiger partial charge in [0.25, 0.3) is 5.91 Å². The zero-order chi connectivity index (χ0) is 27.0. The van der Waals surface area contributed by atoms with E-state index in [0.717, 1.165) is 21.9 Å². The Kier molecular flexibility index (Phi) is 7.74. The molecule has 0 unspecified atom stereocenters. The molecule has 6 nitrogen and oxygen atoms in total. The maximum Gasteiger partial charge on any atom is 0.343 e. The van der Waals surface area contributed by atoms with Crippen molar-refractivity contribution in [2.45, 2.75) is 13.5 Å². The van der Waals surface area contributed by atoms with E-state index < -0.39 is 11.9 Å². The van der Waals surface area contributed by atoms with Gasteiger partial charge >= 0.3 is 5.97 Å². The van der Waals surface area contributed by atoms with Gasteiger partial charge in [-0.05, 0) is 53.6 Å². The van der Waals surface area contributed by atoms with Gasteiger partial charge in [-0.3, -0.25) is 4.79 Å². The molecule has 5 rings (SSSR count). The first-order valence-corrected chi connectivity index (χ1v) is 12.5. The molecule has 0 bridgehead atoms. The summed E-state index contributed by atoms with van der Waals surface area (Å²) in [5.41, 5.74) is 5.99. The number of carbonyl (C=O) groups is 2. The molecule has 0 aliphatic heterocycles. The lowest BCUT2D eigenvalue weighted by molar-refractivity contribution is 0.0734. The number of carbonyl (C=O) groups excluding carboxylic acids is 2. The van der Waals surface area contributed by atoms with Gasteiger partial charge in [-0.2, -0.15) is 5.10 Å². The first-order valence-electron chi connectivity index (χ1n) is 12.5. The van der Waals surface area contributed by atoms with Crippen molar-refractivity contribution in [1.82, 2.24) is 5.43 Å². The van der Waals surface area contributed by atoms with Gasteiger partial charge in [0.1, 0.15) is 18.1 Å². The number of aryl methyl sites for hydroxylation is 1. The standard InChI is InChI=1S/C33H26N2O4/c1-23-15-17-26(18-16-23)33(37)39-31-20-19-25-11-5-6-12-27(25)29(31)21-34-35-32(36)28-13-7-8-14-30(28)38-22-24-9-3-2-4-10-24/h2-21H,22H2,1H3,(H,35,36)/b34-21+. The van der Waals surface area contributed by atoms with E-state index >= 15 is 0 Å². The number of nitrogens with one attached hydrogen (secondary N) is 1. The summed E-state index contributed by atoms with van der Waals surface area (Å²) in [5, 5.41) is 5.98. The summed E-state index contributed by atoms with van der Waals surface area (Å²) >= 11 is 0. The Morgan fingerprint density at radius 3 is 2.31 bits per heavy atom. The average Bonchev–Trinajstić information content (AvgIpc) is 2.98. The van der Waals surface area contributed by atoms with Crippen LogP contribution in [0.2, 0.25) is 0 Å². The summed E-state index contributed by atoms with van der Waals surface area (Å²) in [7, 11) is 0. The minimum atomic E-state index is -0.478. The Labute approximate surface area is 226 Å². The molecule has 1 N–H and O–H groups in total. The first-order chi connectivity index (χ1) is 19.1. The second-order valence-corrected chi connectivity index (χ2v) is 8.92. The van der Waals surface area contributed by atoms with Gasteiger partial charge in [-0.25, -0.2) is 10.2 Å². The van der Waals surface area contributed by atoms with Crippen LogP contribution >= 0.6 is 0 Å². The molecular weight excluding hydrogens is 488 g/mol. The van der Waals surface area contributed by atoms with Gasteiger partial charge in [-0.1, -0.05) is 90.5 Å². The third-order valence-electron chi connectivity index (χ3n) is 6.15. The highest BCUT2D eigenvalue weighted by Gasteiger charge is 2.15. The second kappa shape index (κ2) is 11.9. The number of hydrogen-bond donors (Lipinski definition) is 1. The van der Waals surface area contributed by atoms with Crippen molar-refractivity contribution >= 4 is 28.9 Å². The van der Waals surface area contributed by atoms with Gasteiger partial charge in [0.15, 0.2) is 0 Å². The fourth-order valence-electron chi connectivity index (χ4n) is 4.08. The lowest BCUT2D eigenvalue weighted by Crippen LogP contribution is -2.19. The number of benzene rings is 5. The number of amides is 1. The topological polar surface area (TPSA) is 77.0 Å². The molecule has 0 fully saturated rings. The fraction of sp³-hybridized carbons (Fsp3) is 0.0606. The Bertz CT molecular complexity index is 1640. The van der Waals surface area contributed by atoms with Crippen LogP contribution in [0, 0.1) is 6.92 Å². The minimum Gasteiger partial charge on any atom is -0.488 e. The predicted molar refractivity (Wildman–Crippen MR) is 152 cm³/mol. The molecule has 0 spiro atoms. The molecule has 0 atom stereocenters. The lowest BCUT2D eigenvalue weighted by atomic mass is 10.0. The van der Waals surface area contributed by atoms with E-state index in [2.05, 4.69) is 10.5 Å². The van der Waals surface area contributed by atoms with E-state index in [0.29, 0.717) is 34.8 Å². The van der Waals surface area contributed by atoms with Crippen molar-refractivity contribution in [3.8, 4) is 11.5 Å². The monoisotopic (exact) mass is 514 g/mol. The largest absolute Gasteiger partial charge is 0.488 e. The molecule has 0 aliphatic carbocycles. The number of para-hydroxylation sites is 1. The number of fused-ring (bicyclic) bond motifs is 1. The maximum atomic E-state index is 13.0. The van der Waals surface area contributed by atoms with Crippen molar-refractivity contribution in [2.75, 3.05) is 0 Å². The molecule has 0 saturated heterocycles. The van der Waals surface area contributed by atoms with Gasteiger partial charge in [-0.15, -0.1) is 0 Å². The third kappa shape index (κ3) is 6.19. The van der Waals surface area contributed by atoms with Gasteiger partial charge < -0.3 is 9.47 Å². The number of rotatable bonds is 8. The van der Waals surface area contributed by atoms with Crippen molar-refractivity contribution in [3.63, 3.8) is 0 Å². The van der Waals surface area contributed by atoms with Crippen LogP contribution in [0.15, 0.2) is 120 Å². The van der Waals surface area contributed by atoms with Crippen molar-refractivity contribution in [3.05, 3.63) is 143 Å². The summed E-state index contributed by atoms with van der Waals surface area (Å²) in [5.74, 6) is -0.113. The second-order valence-electron chi connectivity index (χ2n) is 8.92. The fourth-order valence-corrected chi connectivity index (χ4v) is 4.08. The Hall–Kier alpha value is -5.23. The van der Waals surface area contributed by atoms with Crippen LogP contribution in [0.3, 0.4) is 0 Å².